The molecule has 1 atom stereocenters. The van der Waals surface area contributed by atoms with Gasteiger partial charge in [-0.25, -0.2) is 0 Å². The predicted octanol–water partition coefficient (Wildman–Crippen LogP) is 4.24. The first-order chi connectivity index (χ1) is 15.4. The van der Waals surface area contributed by atoms with Gasteiger partial charge in [0.25, 0.3) is 5.91 Å². The summed E-state index contributed by atoms with van der Waals surface area (Å²) in [5.41, 5.74) is 2.65. The minimum atomic E-state index is -1.11. The van der Waals surface area contributed by atoms with Crippen molar-refractivity contribution in [1.29, 1.82) is 0 Å². The summed E-state index contributed by atoms with van der Waals surface area (Å²) in [7, 11) is 0. The number of fused-ring (bicyclic) bond motifs is 1. The van der Waals surface area contributed by atoms with E-state index in [1.54, 1.807) is 28.0 Å². The number of aryl methyl sites for hydroxylation is 2. The number of nitrogens with one attached hydrogen (secondary N) is 1. The van der Waals surface area contributed by atoms with Crippen molar-refractivity contribution in [3.8, 4) is 11.5 Å². The Morgan fingerprint density at radius 2 is 1.97 bits per heavy atom. The third-order valence-electron chi connectivity index (χ3n) is 6.71. The highest BCUT2D eigenvalue weighted by atomic mass is 16.3. The van der Waals surface area contributed by atoms with Gasteiger partial charge in [-0.1, -0.05) is 25.0 Å². The molecule has 7 heteroatoms. The number of furan rings is 1. The van der Waals surface area contributed by atoms with Gasteiger partial charge in [0.05, 0.1) is 12.8 Å². The zero-order chi connectivity index (χ0) is 22.5. The summed E-state index contributed by atoms with van der Waals surface area (Å²) < 4.78 is 7.14. The van der Waals surface area contributed by atoms with Crippen LogP contribution in [-0.2, 0) is 11.3 Å². The maximum Gasteiger partial charge on any atom is 0.277 e. The van der Waals surface area contributed by atoms with E-state index in [1.165, 1.54) is 0 Å². The molecular weight excluding hydrogens is 404 g/mol. The first kappa shape index (κ1) is 20.5. The van der Waals surface area contributed by atoms with E-state index < -0.39 is 5.54 Å². The molecule has 1 N–H and O–H groups in total. The summed E-state index contributed by atoms with van der Waals surface area (Å²) >= 11 is 0. The Hall–Kier alpha value is -3.35. The molecule has 0 spiro atoms. The van der Waals surface area contributed by atoms with Gasteiger partial charge in [-0.05, 0) is 62.9 Å². The lowest BCUT2D eigenvalue weighted by Crippen LogP contribution is -2.65. The zero-order valence-corrected chi connectivity index (χ0v) is 18.7. The van der Waals surface area contributed by atoms with Crippen LogP contribution in [0.2, 0.25) is 0 Å². The van der Waals surface area contributed by atoms with Gasteiger partial charge in [-0.3, -0.25) is 19.2 Å². The zero-order valence-electron chi connectivity index (χ0n) is 18.7. The molecule has 2 amide bonds. The predicted molar refractivity (Wildman–Crippen MR) is 121 cm³/mol. The summed E-state index contributed by atoms with van der Waals surface area (Å²) in [5, 5.41) is 7.83. The second-order valence-electron chi connectivity index (χ2n) is 9.21. The SMILES string of the molecule is Cc1ccc(C)c(N2C(=O)c3cc(-c4ccco4)nn3C[C@@]2(C)C(=O)NC2CCCC2)c1. The maximum atomic E-state index is 13.9. The fourth-order valence-electron chi connectivity index (χ4n) is 4.88. The fourth-order valence-corrected chi connectivity index (χ4v) is 4.88. The molecule has 32 heavy (non-hydrogen) atoms. The van der Waals surface area contributed by atoms with Crippen molar-refractivity contribution in [3.05, 3.63) is 59.5 Å². The third kappa shape index (κ3) is 3.32. The molecule has 166 valence electrons. The smallest absolute Gasteiger partial charge is 0.277 e. The second-order valence-corrected chi connectivity index (χ2v) is 9.21. The van der Waals surface area contributed by atoms with E-state index in [0.29, 0.717) is 17.1 Å². The largest absolute Gasteiger partial charge is 0.463 e. The number of hydrogen-bond acceptors (Lipinski definition) is 4. The molecule has 5 rings (SSSR count). The Bertz CT molecular complexity index is 1170. The first-order valence-electron chi connectivity index (χ1n) is 11.2. The number of anilines is 1. The van der Waals surface area contributed by atoms with Gasteiger partial charge in [-0.15, -0.1) is 0 Å². The molecule has 1 aliphatic heterocycles. The quantitative estimate of drug-likeness (QED) is 0.669. The topological polar surface area (TPSA) is 80.4 Å². The van der Waals surface area contributed by atoms with Crippen LogP contribution in [0.1, 0.15) is 54.2 Å². The Balaban J connectivity index is 1.61. The van der Waals surface area contributed by atoms with Gasteiger partial charge in [0.1, 0.15) is 16.9 Å². The van der Waals surface area contributed by atoms with Crippen LogP contribution in [0.15, 0.2) is 47.1 Å². The maximum absolute atomic E-state index is 13.9. The van der Waals surface area contributed by atoms with Crippen molar-refractivity contribution < 1.29 is 14.0 Å². The number of aromatic nitrogens is 2. The van der Waals surface area contributed by atoms with Crippen LogP contribution in [0, 0.1) is 13.8 Å². The van der Waals surface area contributed by atoms with E-state index >= 15 is 0 Å². The van der Waals surface area contributed by atoms with Crippen molar-refractivity contribution in [2.75, 3.05) is 4.90 Å². The fraction of sp³-hybridized carbons (Fsp3) is 0.400. The molecule has 1 saturated carbocycles. The summed E-state index contributed by atoms with van der Waals surface area (Å²) in [6.45, 7) is 6.07. The normalized spacial score (nSPS) is 21.1. The monoisotopic (exact) mass is 432 g/mol. The van der Waals surface area contributed by atoms with Crippen LogP contribution in [0.25, 0.3) is 11.5 Å². The number of hydrogen-bond donors (Lipinski definition) is 1. The van der Waals surface area contributed by atoms with Crippen LogP contribution in [0.4, 0.5) is 5.69 Å². The first-order valence-corrected chi connectivity index (χ1v) is 11.2. The minimum absolute atomic E-state index is 0.139. The van der Waals surface area contributed by atoms with E-state index in [0.717, 1.165) is 42.5 Å². The summed E-state index contributed by atoms with van der Waals surface area (Å²) in [4.78, 5) is 29.2. The highest BCUT2D eigenvalue weighted by molar-refractivity contribution is 6.12. The van der Waals surface area contributed by atoms with Gasteiger partial charge in [0.2, 0.25) is 5.91 Å². The molecule has 0 radical (unpaired) electrons. The van der Waals surface area contributed by atoms with Crippen molar-refractivity contribution in [3.63, 3.8) is 0 Å². The van der Waals surface area contributed by atoms with E-state index in [1.807, 2.05) is 45.0 Å². The van der Waals surface area contributed by atoms with Gasteiger partial charge in [0.15, 0.2) is 5.76 Å². The molecule has 1 fully saturated rings. The van der Waals surface area contributed by atoms with Crippen molar-refractivity contribution in [1.82, 2.24) is 15.1 Å². The molecule has 2 aliphatic rings. The molecule has 1 aliphatic carbocycles. The van der Waals surface area contributed by atoms with Gasteiger partial charge in [0, 0.05) is 17.8 Å². The van der Waals surface area contributed by atoms with E-state index in [9.17, 15) is 9.59 Å². The molecule has 0 unspecified atom stereocenters. The molecule has 3 aromatic rings. The van der Waals surface area contributed by atoms with E-state index in [4.69, 9.17) is 4.42 Å². The average Bonchev–Trinajstić information content (AvgIpc) is 3.51. The summed E-state index contributed by atoms with van der Waals surface area (Å²) in [6, 6.07) is 11.5. The number of carbonyl (C=O) groups excluding carboxylic acids is 2. The number of nitrogens with zero attached hydrogens (tertiary/aromatic N) is 3. The van der Waals surface area contributed by atoms with Crippen molar-refractivity contribution >= 4 is 17.5 Å². The Morgan fingerprint density at radius 3 is 2.69 bits per heavy atom. The third-order valence-corrected chi connectivity index (χ3v) is 6.71. The standard InChI is InChI=1S/C25H28N4O3/c1-16-10-11-17(2)20(13-16)29-23(30)21-14-19(22-9-6-12-32-22)27-28(21)15-25(29,3)24(31)26-18-7-4-5-8-18/h6,9-14,18H,4-5,7-8,15H2,1-3H3,(H,26,31)/t25-/m0/s1. The lowest BCUT2D eigenvalue weighted by Gasteiger charge is -2.44. The molecule has 3 heterocycles. The van der Waals surface area contributed by atoms with E-state index in [-0.39, 0.29) is 24.4 Å². The highest BCUT2D eigenvalue weighted by Gasteiger charge is 2.49. The Labute approximate surface area is 187 Å². The molecular formula is C25H28N4O3. The number of carbonyl (C=O) groups is 2. The van der Waals surface area contributed by atoms with Crippen LogP contribution >= 0.6 is 0 Å². The van der Waals surface area contributed by atoms with Crippen molar-refractivity contribution in [2.24, 2.45) is 0 Å². The van der Waals surface area contributed by atoms with Gasteiger partial charge in [-0.2, -0.15) is 5.10 Å². The minimum Gasteiger partial charge on any atom is -0.463 e. The molecule has 0 bridgehead atoms. The second kappa shape index (κ2) is 7.65. The molecule has 7 nitrogen and oxygen atoms in total. The van der Waals surface area contributed by atoms with Crippen LogP contribution in [0.5, 0.6) is 0 Å². The number of amides is 2. The Morgan fingerprint density at radius 1 is 1.19 bits per heavy atom. The summed E-state index contributed by atoms with van der Waals surface area (Å²) in [6.07, 6.45) is 5.79. The summed E-state index contributed by atoms with van der Waals surface area (Å²) in [5.74, 6) is 0.216. The number of benzene rings is 1. The molecule has 1 aromatic carbocycles. The lowest BCUT2D eigenvalue weighted by atomic mass is 9.92. The van der Waals surface area contributed by atoms with Crippen LogP contribution < -0.4 is 10.2 Å². The lowest BCUT2D eigenvalue weighted by molar-refractivity contribution is -0.127. The van der Waals surface area contributed by atoms with Gasteiger partial charge >= 0.3 is 0 Å². The van der Waals surface area contributed by atoms with Gasteiger partial charge < -0.3 is 9.73 Å². The van der Waals surface area contributed by atoms with Crippen molar-refractivity contribution in [2.45, 2.75) is 64.6 Å². The number of rotatable bonds is 4. The molecule has 0 saturated heterocycles. The van der Waals surface area contributed by atoms with Crippen LogP contribution in [0.3, 0.4) is 0 Å². The van der Waals surface area contributed by atoms with E-state index in [2.05, 4.69) is 10.4 Å². The highest BCUT2D eigenvalue weighted by Crippen LogP contribution is 2.36. The Kier molecular flexibility index (Phi) is 4.92. The average molecular weight is 433 g/mol. The van der Waals surface area contributed by atoms with Crippen LogP contribution in [-0.4, -0.2) is 33.2 Å². The molecule has 2 aromatic heterocycles.